The molecule has 3 N–H and O–H groups in total. The fourth-order valence-corrected chi connectivity index (χ4v) is 2.45. The molecule has 0 fully saturated rings. The number of halogens is 3. The van der Waals surface area contributed by atoms with Crippen LogP contribution in [0.2, 0.25) is 10.0 Å². The standard InChI is InChI=1S/C13H15BrCl2N2O3/c1-6(2)5-9(12(19)20)18-13(21)17-8-4-3-7(14)10(15)11(8)16/h3-4,6,9H,5H2,1-2H3,(H,19,20)(H2,17,18,21). The lowest BCUT2D eigenvalue weighted by Crippen LogP contribution is -2.43. The molecule has 0 saturated carbocycles. The van der Waals surface area contributed by atoms with Gasteiger partial charge in [0.1, 0.15) is 6.04 Å². The van der Waals surface area contributed by atoms with Crippen molar-refractivity contribution in [3.05, 3.63) is 26.7 Å². The molecule has 1 aromatic carbocycles. The van der Waals surface area contributed by atoms with Crippen LogP contribution in [0, 0.1) is 5.92 Å². The van der Waals surface area contributed by atoms with E-state index in [1.54, 1.807) is 12.1 Å². The number of amides is 2. The van der Waals surface area contributed by atoms with Gasteiger partial charge in [-0.3, -0.25) is 0 Å². The molecule has 0 aliphatic rings. The summed E-state index contributed by atoms with van der Waals surface area (Å²) in [4.78, 5) is 23.0. The first kappa shape index (κ1) is 18.1. The van der Waals surface area contributed by atoms with Crippen LogP contribution >= 0.6 is 39.1 Å². The number of carboxylic acids is 1. The SMILES string of the molecule is CC(C)CC(NC(=O)Nc1ccc(Br)c(Cl)c1Cl)C(=O)O. The van der Waals surface area contributed by atoms with E-state index in [1.165, 1.54) is 0 Å². The maximum Gasteiger partial charge on any atom is 0.326 e. The van der Waals surface area contributed by atoms with Gasteiger partial charge in [-0.2, -0.15) is 0 Å². The highest BCUT2D eigenvalue weighted by Gasteiger charge is 2.21. The lowest BCUT2D eigenvalue weighted by Gasteiger charge is -2.17. The van der Waals surface area contributed by atoms with Crippen LogP contribution in [0.15, 0.2) is 16.6 Å². The third-order valence-electron chi connectivity index (χ3n) is 2.59. The van der Waals surface area contributed by atoms with Crippen LogP contribution in [0.5, 0.6) is 0 Å². The molecule has 1 atom stereocenters. The van der Waals surface area contributed by atoms with Crippen LogP contribution in [0.1, 0.15) is 20.3 Å². The van der Waals surface area contributed by atoms with E-state index in [9.17, 15) is 9.59 Å². The van der Waals surface area contributed by atoms with Crippen LogP contribution in [-0.4, -0.2) is 23.1 Å². The summed E-state index contributed by atoms with van der Waals surface area (Å²) in [5, 5.41) is 14.4. The maximum absolute atomic E-state index is 11.9. The van der Waals surface area contributed by atoms with E-state index in [2.05, 4.69) is 26.6 Å². The Balaban J connectivity index is 2.77. The molecule has 0 heterocycles. The van der Waals surface area contributed by atoms with Crippen LogP contribution in [0.25, 0.3) is 0 Å². The Morgan fingerprint density at radius 2 is 1.90 bits per heavy atom. The fraction of sp³-hybridized carbons (Fsp3) is 0.385. The molecule has 2 amide bonds. The number of aliphatic carboxylic acids is 1. The van der Waals surface area contributed by atoms with Crippen molar-refractivity contribution in [3.63, 3.8) is 0 Å². The Hall–Kier alpha value is -0.980. The number of hydrogen-bond acceptors (Lipinski definition) is 2. The van der Waals surface area contributed by atoms with E-state index in [0.717, 1.165) is 0 Å². The molecule has 0 saturated heterocycles. The predicted molar refractivity (Wildman–Crippen MR) is 87.2 cm³/mol. The number of urea groups is 1. The Bertz CT molecular complexity index is 552. The largest absolute Gasteiger partial charge is 0.480 e. The van der Waals surface area contributed by atoms with Gasteiger partial charge >= 0.3 is 12.0 Å². The van der Waals surface area contributed by atoms with Crippen molar-refractivity contribution in [1.29, 1.82) is 0 Å². The van der Waals surface area contributed by atoms with Gasteiger partial charge in [0.05, 0.1) is 15.7 Å². The first-order valence-electron chi connectivity index (χ1n) is 6.16. The van der Waals surface area contributed by atoms with Gasteiger partial charge in [0.15, 0.2) is 0 Å². The Morgan fingerprint density at radius 3 is 2.43 bits per heavy atom. The zero-order chi connectivity index (χ0) is 16.2. The normalized spacial score (nSPS) is 12.1. The van der Waals surface area contributed by atoms with Gasteiger partial charge in [-0.05, 0) is 40.4 Å². The number of benzene rings is 1. The van der Waals surface area contributed by atoms with Crippen molar-refractivity contribution in [2.75, 3.05) is 5.32 Å². The Kier molecular flexibility index (Phi) is 6.77. The topological polar surface area (TPSA) is 78.4 Å². The van der Waals surface area contributed by atoms with E-state index in [0.29, 0.717) is 16.6 Å². The summed E-state index contributed by atoms with van der Waals surface area (Å²) in [6, 6.07) is 1.58. The van der Waals surface area contributed by atoms with E-state index in [4.69, 9.17) is 28.3 Å². The smallest absolute Gasteiger partial charge is 0.326 e. The maximum atomic E-state index is 11.9. The predicted octanol–water partition coefficient (Wildman–Crippen LogP) is 4.38. The molecule has 5 nitrogen and oxygen atoms in total. The number of anilines is 1. The number of carboxylic acid groups (broad SMARTS) is 1. The summed E-state index contributed by atoms with van der Waals surface area (Å²) in [5.74, 6) is -0.948. The van der Waals surface area contributed by atoms with Crippen LogP contribution < -0.4 is 10.6 Å². The molecule has 116 valence electrons. The highest BCUT2D eigenvalue weighted by molar-refractivity contribution is 9.10. The fourth-order valence-electron chi connectivity index (χ4n) is 1.63. The van der Waals surface area contributed by atoms with Gasteiger partial charge in [-0.25, -0.2) is 9.59 Å². The third kappa shape index (κ3) is 5.37. The molecular weight excluding hydrogens is 383 g/mol. The van der Waals surface area contributed by atoms with Crippen LogP contribution in [0.3, 0.4) is 0 Å². The average molecular weight is 398 g/mol. The minimum absolute atomic E-state index is 0.136. The molecule has 1 unspecified atom stereocenters. The molecule has 0 aromatic heterocycles. The first-order chi connectivity index (χ1) is 9.72. The van der Waals surface area contributed by atoms with Gasteiger partial charge in [-0.1, -0.05) is 37.0 Å². The van der Waals surface area contributed by atoms with Crippen LogP contribution in [0.4, 0.5) is 10.5 Å². The van der Waals surface area contributed by atoms with Crippen molar-refractivity contribution in [3.8, 4) is 0 Å². The minimum atomic E-state index is -1.08. The zero-order valence-electron chi connectivity index (χ0n) is 11.4. The number of rotatable bonds is 5. The molecule has 0 spiro atoms. The minimum Gasteiger partial charge on any atom is -0.480 e. The second-order valence-corrected chi connectivity index (χ2v) is 6.45. The zero-order valence-corrected chi connectivity index (χ0v) is 14.5. The quantitative estimate of drug-likeness (QED) is 0.645. The van der Waals surface area contributed by atoms with Crippen molar-refractivity contribution in [2.24, 2.45) is 5.92 Å². The highest BCUT2D eigenvalue weighted by Crippen LogP contribution is 2.35. The number of hydrogen-bond donors (Lipinski definition) is 3. The van der Waals surface area contributed by atoms with Crippen molar-refractivity contribution in [2.45, 2.75) is 26.3 Å². The van der Waals surface area contributed by atoms with Crippen molar-refractivity contribution < 1.29 is 14.7 Å². The van der Waals surface area contributed by atoms with Gasteiger partial charge in [0, 0.05) is 4.47 Å². The van der Waals surface area contributed by atoms with Gasteiger partial charge in [0.25, 0.3) is 0 Å². The Morgan fingerprint density at radius 1 is 1.29 bits per heavy atom. The summed E-state index contributed by atoms with van der Waals surface area (Å²) in [6.07, 6.45) is 0.331. The second-order valence-electron chi connectivity index (χ2n) is 4.84. The molecule has 0 aliphatic heterocycles. The summed E-state index contributed by atoms with van der Waals surface area (Å²) in [6.45, 7) is 3.75. The molecule has 0 aliphatic carbocycles. The Labute approximate surface area is 141 Å². The molecule has 1 aromatic rings. The average Bonchev–Trinajstić information content (AvgIpc) is 2.38. The summed E-state index contributed by atoms with van der Waals surface area (Å²) in [7, 11) is 0. The second kappa shape index (κ2) is 7.87. The van der Waals surface area contributed by atoms with E-state index < -0.39 is 18.0 Å². The third-order valence-corrected chi connectivity index (χ3v) is 4.36. The summed E-state index contributed by atoms with van der Waals surface area (Å²) in [5.41, 5.74) is 0.302. The van der Waals surface area contributed by atoms with E-state index >= 15 is 0 Å². The van der Waals surface area contributed by atoms with Crippen molar-refractivity contribution in [1.82, 2.24) is 5.32 Å². The molecular formula is C13H15BrCl2N2O3. The number of nitrogens with one attached hydrogen (secondary N) is 2. The van der Waals surface area contributed by atoms with Crippen LogP contribution in [-0.2, 0) is 4.79 Å². The van der Waals surface area contributed by atoms with Gasteiger partial charge in [0.2, 0.25) is 0 Å². The lowest BCUT2D eigenvalue weighted by molar-refractivity contribution is -0.139. The van der Waals surface area contributed by atoms with Crippen molar-refractivity contribution >= 4 is 56.8 Å². The molecule has 8 heteroatoms. The number of carbonyl (C=O) groups excluding carboxylic acids is 1. The summed E-state index contributed by atoms with van der Waals surface area (Å²) < 4.78 is 0.600. The summed E-state index contributed by atoms with van der Waals surface area (Å²) >= 11 is 15.2. The number of carbonyl (C=O) groups is 2. The van der Waals surface area contributed by atoms with Gasteiger partial charge < -0.3 is 15.7 Å². The van der Waals surface area contributed by atoms with E-state index in [1.807, 2.05) is 13.8 Å². The lowest BCUT2D eigenvalue weighted by atomic mass is 10.0. The molecule has 1 rings (SSSR count). The first-order valence-corrected chi connectivity index (χ1v) is 7.71. The molecule has 0 bridgehead atoms. The van der Waals surface area contributed by atoms with Gasteiger partial charge in [-0.15, -0.1) is 0 Å². The van der Waals surface area contributed by atoms with E-state index in [-0.39, 0.29) is 16.0 Å². The molecule has 21 heavy (non-hydrogen) atoms. The highest BCUT2D eigenvalue weighted by atomic mass is 79.9. The molecule has 0 radical (unpaired) electrons. The monoisotopic (exact) mass is 396 g/mol.